The van der Waals surface area contributed by atoms with Crippen LogP contribution in [0.3, 0.4) is 0 Å². The predicted octanol–water partition coefficient (Wildman–Crippen LogP) is 4.77. The summed E-state index contributed by atoms with van der Waals surface area (Å²) in [5.41, 5.74) is 1.94. The molecule has 0 N–H and O–H groups in total. The molecule has 0 unspecified atom stereocenters. The molecule has 0 saturated carbocycles. The van der Waals surface area contributed by atoms with Crippen LogP contribution < -0.4 is 4.90 Å². The first-order valence-electron chi connectivity index (χ1n) is 9.93. The number of anilines is 1. The number of hydrogen-bond acceptors (Lipinski definition) is 3. The molecule has 0 fully saturated rings. The molecule has 0 radical (unpaired) electrons. The van der Waals surface area contributed by atoms with Gasteiger partial charge in [0.05, 0.1) is 11.3 Å². The average molecular weight is 418 g/mol. The van der Waals surface area contributed by atoms with E-state index in [1.807, 2.05) is 42.2 Å². The molecule has 2 amide bonds. The highest BCUT2D eigenvalue weighted by atomic mass is 19.1. The number of benzene rings is 3. The summed E-state index contributed by atoms with van der Waals surface area (Å²) in [6.07, 6.45) is 0. The maximum absolute atomic E-state index is 13.8. The minimum absolute atomic E-state index is 0.153. The first kappa shape index (κ1) is 20.5. The van der Waals surface area contributed by atoms with Gasteiger partial charge in [0.2, 0.25) is 0 Å². The molecule has 0 aliphatic carbocycles. The number of halogens is 2. The summed E-state index contributed by atoms with van der Waals surface area (Å²) in [7, 11) is 0. The van der Waals surface area contributed by atoms with E-state index in [4.69, 9.17) is 0 Å². The largest absolute Gasteiger partial charge is 0.362 e. The zero-order valence-electron chi connectivity index (χ0n) is 16.9. The Bertz CT molecular complexity index is 1160. The minimum Gasteiger partial charge on any atom is -0.362 e. The molecule has 1 heterocycles. The number of hydrogen-bond donors (Lipinski definition) is 0. The molecular formula is C25H20F2N2O2. The molecule has 1 aliphatic rings. The van der Waals surface area contributed by atoms with Gasteiger partial charge in [0, 0.05) is 13.1 Å². The second kappa shape index (κ2) is 8.52. The van der Waals surface area contributed by atoms with E-state index in [-0.39, 0.29) is 17.0 Å². The van der Waals surface area contributed by atoms with Gasteiger partial charge in [-0.25, -0.2) is 13.7 Å². The van der Waals surface area contributed by atoms with Crippen LogP contribution >= 0.6 is 0 Å². The molecule has 1 aliphatic heterocycles. The molecule has 0 aromatic heterocycles. The molecule has 0 saturated heterocycles. The van der Waals surface area contributed by atoms with Crippen molar-refractivity contribution in [2.75, 3.05) is 11.4 Å². The molecule has 4 rings (SSSR count). The zero-order valence-corrected chi connectivity index (χ0v) is 16.9. The summed E-state index contributed by atoms with van der Waals surface area (Å²) >= 11 is 0. The van der Waals surface area contributed by atoms with Crippen LogP contribution in [-0.2, 0) is 16.1 Å². The van der Waals surface area contributed by atoms with Gasteiger partial charge in [0.25, 0.3) is 11.8 Å². The van der Waals surface area contributed by atoms with Crippen molar-refractivity contribution in [3.63, 3.8) is 0 Å². The Morgan fingerprint density at radius 2 is 1.52 bits per heavy atom. The standard InChI is InChI=1S/C25H20F2N2O2/c1-2-28(16-17-7-4-3-5-8-17)23-22(18-11-13-19(26)14-12-18)24(30)29(25(23)31)21-10-6-9-20(27)15-21/h3-15H,2,16H2,1H3. The van der Waals surface area contributed by atoms with E-state index >= 15 is 0 Å². The molecule has 0 atom stereocenters. The number of likely N-dealkylation sites (N-methyl/N-ethyl adjacent to an activating group) is 1. The fraction of sp³-hybridized carbons (Fsp3) is 0.120. The Morgan fingerprint density at radius 3 is 2.16 bits per heavy atom. The van der Waals surface area contributed by atoms with Crippen molar-refractivity contribution in [2.45, 2.75) is 13.5 Å². The van der Waals surface area contributed by atoms with Crippen molar-refractivity contribution >= 4 is 23.1 Å². The van der Waals surface area contributed by atoms with Crippen LogP contribution in [0.25, 0.3) is 5.57 Å². The molecule has 3 aromatic rings. The molecule has 6 heteroatoms. The fourth-order valence-electron chi connectivity index (χ4n) is 3.69. The van der Waals surface area contributed by atoms with Gasteiger partial charge in [-0.05, 0) is 48.4 Å². The van der Waals surface area contributed by atoms with E-state index in [2.05, 4.69) is 0 Å². The van der Waals surface area contributed by atoms with E-state index in [0.29, 0.717) is 18.7 Å². The van der Waals surface area contributed by atoms with Gasteiger partial charge < -0.3 is 4.90 Å². The van der Waals surface area contributed by atoms with E-state index in [0.717, 1.165) is 16.5 Å². The average Bonchev–Trinajstić information content (AvgIpc) is 3.03. The number of carbonyl (C=O) groups excluding carboxylic acids is 2. The van der Waals surface area contributed by atoms with Crippen LogP contribution in [0.5, 0.6) is 0 Å². The minimum atomic E-state index is -0.566. The SMILES string of the molecule is CCN(Cc1ccccc1)C1=C(c2ccc(F)cc2)C(=O)N(c2cccc(F)c2)C1=O. The van der Waals surface area contributed by atoms with Crippen LogP contribution in [0.15, 0.2) is 84.6 Å². The number of amides is 2. The number of carbonyl (C=O) groups is 2. The maximum atomic E-state index is 13.8. The van der Waals surface area contributed by atoms with Crippen molar-refractivity contribution < 1.29 is 18.4 Å². The topological polar surface area (TPSA) is 40.6 Å². The normalized spacial score (nSPS) is 13.8. The summed E-state index contributed by atoms with van der Waals surface area (Å²) in [4.78, 5) is 29.7. The quantitative estimate of drug-likeness (QED) is 0.542. The smallest absolute Gasteiger partial charge is 0.282 e. The Hall–Kier alpha value is -3.80. The van der Waals surface area contributed by atoms with Gasteiger partial charge >= 0.3 is 0 Å². The molecule has 0 bridgehead atoms. The van der Waals surface area contributed by atoms with Crippen LogP contribution in [0, 0.1) is 11.6 Å². The van der Waals surface area contributed by atoms with Gasteiger partial charge in [-0.3, -0.25) is 9.59 Å². The van der Waals surface area contributed by atoms with Crippen molar-refractivity contribution in [3.8, 4) is 0 Å². The highest BCUT2D eigenvalue weighted by Crippen LogP contribution is 2.35. The Kier molecular flexibility index (Phi) is 5.62. The summed E-state index contributed by atoms with van der Waals surface area (Å²) < 4.78 is 27.3. The Morgan fingerprint density at radius 1 is 0.806 bits per heavy atom. The third-order valence-electron chi connectivity index (χ3n) is 5.17. The maximum Gasteiger partial charge on any atom is 0.282 e. The number of nitrogens with zero attached hydrogens (tertiary/aromatic N) is 2. The van der Waals surface area contributed by atoms with Crippen molar-refractivity contribution in [2.24, 2.45) is 0 Å². The molecule has 4 nitrogen and oxygen atoms in total. The zero-order chi connectivity index (χ0) is 22.0. The first-order valence-corrected chi connectivity index (χ1v) is 9.93. The van der Waals surface area contributed by atoms with Crippen LogP contribution in [0.2, 0.25) is 0 Å². The van der Waals surface area contributed by atoms with Gasteiger partial charge in [0.1, 0.15) is 17.3 Å². The highest BCUT2D eigenvalue weighted by molar-refractivity contribution is 6.45. The lowest BCUT2D eigenvalue weighted by Gasteiger charge is -2.25. The van der Waals surface area contributed by atoms with Gasteiger partial charge in [-0.15, -0.1) is 0 Å². The molecule has 156 valence electrons. The second-order valence-electron chi connectivity index (χ2n) is 7.16. The molecule has 31 heavy (non-hydrogen) atoms. The summed E-state index contributed by atoms with van der Waals surface area (Å²) in [5, 5.41) is 0. The van der Waals surface area contributed by atoms with Gasteiger partial charge in [-0.1, -0.05) is 48.5 Å². The number of imide groups is 1. The molecule has 3 aromatic carbocycles. The van der Waals surface area contributed by atoms with Crippen LogP contribution in [0.4, 0.5) is 14.5 Å². The lowest BCUT2D eigenvalue weighted by Crippen LogP contribution is -2.35. The summed E-state index contributed by atoms with van der Waals surface area (Å²) in [6, 6.07) is 20.4. The van der Waals surface area contributed by atoms with Crippen LogP contribution in [-0.4, -0.2) is 23.3 Å². The highest BCUT2D eigenvalue weighted by Gasteiger charge is 2.42. The predicted molar refractivity (Wildman–Crippen MR) is 115 cm³/mol. The Balaban J connectivity index is 1.83. The van der Waals surface area contributed by atoms with E-state index in [1.165, 1.54) is 42.5 Å². The Labute approximate surface area is 179 Å². The lowest BCUT2D eigenvalue weighted by atomic mass is 10.0. The monoisotopic (exact) mass is 418 g/mol. The van der Waals surface area contributed by atoms with Gasteiger partial charge in [-0.2, -0.15) is 0 Å². The van der Waals surface area contributed by atoms with E-state index in [9.17, 15) is 18.4 Å². The molecular weight excluding hydrogens is 398 g/mol. The first-order chi connectivity index (χ1) is 15.0. The summed E-state index contributed by atoms with van der Waals surface area (Å²) in [5.74, 6) is -2.09. The van der Waals surface area contributed by atoms with E-state index < -0.39 is 23.4 Å². The third-order valence-corrected chi connectivity index (χ3v) is 5.17. The third kappa shape index (κ3) is 3.97. The fourth-order valence-corrected chi connectivity index (χ4v) is 3.69. The van der Waals surface area contributed by atoms with Gasteiger partial charge in [0.15, 0.2) is 0 Å². The van der Waals surface area contributed by atoms with Crippen molar-refractivity contribution in [1.29, 1.82) is 0 Å². The molecule has 0 spiro atoms. The van der Waals surface area contributed by atoms with Crippen LogP contribution in [0.1, 0.15) is 18.1 Å². The summed E-state index contributed by atoms with van der Waals surface area (Å²) in [6.45, 7) is 2.76. The van der Waals surface area contributed by atoms with E-state index in [1.54, 1.807) is 0 Å². The number of rotatable bonds is 6. The lowest BCUT2D eigenvalue weighted by molar-refractivity contribution is -0.120. The second-order valence-corrected chi connectivity index (χ2v) is 7.16. The van der Waals surface area contributed by atoms with Crippen molar-refractivity contribution in [1.82, 2.24) is 4.90 Å². The van der Waals surface area contributed by atoms with Crippen molar-refractivity contribution in [3.05, 3.63) is 107 Å².